The molecular formula is C25H27N3O. The van der Waals surface area contributed by atoms with Gasteiger partial charge in [0.15, 0.2) is 0 Å². The van der Waals surface area contributed by atoms with Crippen LogP contribution in [0.1, 0.15) is 49.8 Å². The summed E-state index contributed by atoms with van der Waals surface area (Å²) in [4.78, 5) is 0. The third-order valence-corrected chi connectivity index (χ3v) is 6.61. The second-order valence-corrected chi connectivity index (χ2v) is 8.47. The fourth-order valence-corrected chi connectivity index (χ4v) is 5.11. The van der Waals surface area contributed by atoms with Gasteiger partial charge >= 0.3 is 0 Å². The first-order valence-electron chi connectivity index (χ1n) is 10.8. The summed E-state index contributed by atoms with van der Waals surface area (Å²) in [6.45, 7) is 1.08. The number of nitriles is 1. The fraction of sp³-hybridized carbons (Fsp3) is 0.400. The Morgan fingerprint density at radius 3 is 2.69 bits per heavy atom. The fourth-order valence-electron chi connectivity index (χ4n) is 5.11. The standard InChI is InChI=1S/C25H27N3O/c26-16-18-9-8-17(15-22(18)27-19-10-12-20(29)13-11-19)25-21-5-1-2-6-23(21)28-14-4-3-7-24(25)28/h1-2,5-6,8-9,15,19-20,27,29H,3-4,7,10-14H2/t19-,20-. The van der Waals surface area contributed by atoms with Crippen LogP contribution in [-0.4, -0.2) is 21.8 Å². The Morgan fingerprint density at radius 1 is 1.03 bits per heavy atom. The lowest BCUT2D eigenvalue weighted by Crippen LogP contribution is -2.28. The van der Waals surface area contributed by atoms with Crippen molar-refractivity contribution in [3.8, 4) is 17.2 Å². The van der Waals surface area contributed by atoms with Gasteiger partial charge in [-0.15, -0.1) is 0 Å². The van der Waals surface area contributed by atoms with E-state index in [4.69, 9.17) is 0 Å². The average Bonchev–Trinajstić information content (AvgIpc) is 3.10. The highest BCUT2D eigenvalue weighted by molar-refractivity contribution is 5.99. The number of benzene rings is 2. The van der Waals surface area contributed by atoms with E-state index in [0.29, 0.717) is 11.6 Å². The van der Waals surface area contributed by atoms with Crippen molar-refractivity contribution in [2.75, 3.05) is 5.32 Å². The topological polar surface area (TPSA) is 61.0 Å². The highest BCUT2D eigenvalue weighted by Crippen LogP contribution is 2.39. The van der Waals surface area contributed by atoms with Gasteiger partial charge in [0.05, 0.1) is 17.4 Å². The van der Waals surface area contributed by atoms with Crippen LogP contribution in [0.25, 0.3) is 22.0 Å². The minimum Gasteiger partial charge on any atom is -0.393 e. The van der Waals surface area contributed by atoms with Gasteiger partial charge in [0, 0.05) is 34.7 Å². The average molecular weight is 386 g/mol. The smallest absolute Gasteiger partial charge is 0.101 e. The van der Waals surface area contributed by atoms with E-state index in [-0.39, 0.29) is 6.10 Å². The molecule has 3 aromatic rings. The van der Waals surface area contributed by atoms with Gasteiger partial charge in [0.25, 0.3) is 0 Å². The second kappa shape index (κ2) is 7.57. The van der Waals surface area contributed by atoms with Gasteiger partial charge in [0.1, 0.15) is 6.07 Å². The summed E-state index contributed by atoms with van der Waals surface area (Å²) in [6, 6.07) is 17.6. The van der Waals surface area contributed by atoms with Gasteiger partial charge in [-0.25, -0.2) is 0 Å². The predicted molar refractivity (Wildman–Crippen MR) is 117 cm³/mol. The molecule has 1 fully saturated rings. The zero-order valence-electron chi connectivity index (χ0n) is 16.7. The molecule has 148 valence electrons. The summed E-state index contributed by atoms with van der Waals surface area (Å²) in [5.41, 5.74) is 6.87. The zero-order chi connectivity index (χ0) is 19.8. The van der Waals surface area contributed by atoms with Crippen LogP contribution in [-0.2, 0) is 13.0 Å². The van der Waals surface area contributed by atoms with E-state index in [1.165, 1.54) is 40.6 Å². The third-order valence-electron chi connectivity index (χ3n) is 6.61. The molecular weight excluding hydrogens is 358 g/mol. The van der Waals surface area contributed by atoms with Crippen LogP contribution < -0.4 is 5.32 Å². The molecule has 0 radical (unpaired) electrons. The number of hydrogen-bond acceptors (Lipinski definition) is 3. The van der Waals surface area contributed by atoms with Crippen molar-refractivity contribution in [2.45, 2.75) is 63.6 Å². The minimum atomic E-state index is -0.172. The van der Waals surface area contributed by atoms with Crippen molar-refractivity contribution in [1.29, 1.82) is 5.26 Å². The molecule has 1 aliphatic carbocycles. The second-order valence-electron chi connectivity index (χ2n) is 8.47. The number of anilines is 1. The van der Waals surface area contributed by atoms with Gasteiger partial charge in [-0.2, -0.15) is 5.26 Å². The van der Waals surface area contributed by atoms with E-state index in [9.17, 15) is 10.4 Å². The number of aromatic nitrogens is 1. The number of aryl methyl sites for hydroxylation is 1. The van der Waals surface area contributed by atoms with E-state index in [1.807, 2.05) is 6.07 Å². The van der Waals surface area contributed by atoms with Gasteiger partial charge in [-0.3, -0.25) is 0 Å². The van der Waals surface area contributed by atoms with Crippen molar-refractivity contribution in [1.82, 2.24) is 4.57 Å². The molecule has 5 rings (SSSR count). The van der Waals surface area contributed by atoms with Crippen molar-refractivity contribution < 1.29 is 5.11 Å². The number of rotatable bonds is 3. The molecule has 4 heteroatoms. The van der Waals surface area contributed by atoms with E-state index < -0.39 is 0 Å². The molecule has 0 atom stereocenters. The maximum atomic E-state index is 9.79. The van der Waals surface area contributed by atoms with Gasteiger partial charge < -0.3 is 15.0 Å². The van der Waals surface area contributed by atoms with E-state index in [0.717, 1.165) is 44.3 Å². The van der Waals surface area contributed by atoms with Gasteiger partial charge in [-0.1, -0.05) is 24.3 Å². The van der Waals surface area contributed by atoms with E-state index >= 15 is 0 Å². The van der Waals surface area contributed by atoms with E-state index in [1.54, 1.807) is 0 Å². The normalized spacial score (nSPS) is 21.5. The molecule has 1 saturated carbocycles. The SMILES string of the molecule is N#Cc1ccc(-c2c3n(c4ccccc24)CCCC3)cc1N[C@H]1CC[C@H](O)CC1. The number of hydrogen-bond donors (Lipinski definition) is 2. The highest BCUT2D eigenvalue weighted by Gasteiger charge is 2.23. The van der Waals surface area contributed by atoms with Crippen molar-refractivity contribution in [3.63, 3.8) is 0 Å². The molecule has 2 heterocycles. The molecule has 4 nitrogen and oxygen atoms in total. The number of aliphatic hydroxyl groups is 1. The summed E-state index contributed by atoms with van der Waals surface area (Å²) in [6.07, 6.45) is 6.95. The quantitative estimate of drug-likeness (QED) is 0.649. The molecule has 29 heavy (non-hydrogen) atoms. The first-order chi connectivity index (χ1) is 14.2. The molecule has 2 N–H and O–H groups in total. The Morgan fingerprint density at radius 2 is 1.86 bits per heavy atom. The molecule has 0 amide bonds. The lowest BCUT2D eigenvalue weighted by Gasteiger charge is -2.27. The summed E-state index contributed by atoms with van der Waals surface area (Å²) < 4.78 is 2.49. The molecule has 1 aromatic heterocycles. The molecule has 2 aliphatic rings. The highest BCUT2D eigenvalue weighted by atomic mass is 16.3. The first kappa shape index (κ1) is 18.3. The number of nitrogens with one attached hydrogen (secondary N) is 1. The van der Waals surface area contributed by atoms with Crippen molar-refractivity contribution in [2.24, 2.45) is 0 Å². The number of para-hydroxylation sites is 1. The summed E-state index contributed by atoms with van der Waals surface area (Å²) in [5.74, 6) is 0. The van der Waals surface area contributed by atoms with Gasteiger partial charge in [-0.05, 0) is 68.7 Å². The van der Waals surface area contributed by atoms with Crippen molar-refractivity contribution >= 4 is 16.6 Å². The molecule has 1 aliphatic heterocycles. The van der Waals surface area contributed by atoms with Crippen LogP contribution in [0.3, 0.4) is 0 Å². The molecule has 0 spiro atoms. The maximum absolute atomic E-state index is 9.79. The molecule has 2 aromatic carbocycles. The Hall–Kier alpha value is -2.77. The monoisotopic (exact) mass is 385 g/mol. The lowest BCUT2D eigenvalue weighted by molar-refractivity contribution is 0.126. The first-order valence-corrected chi connectivity index (χ1v) is 10.8. The van der Waals surface area contributed by atoms with Crippen LogP contribution in [0.15, 0.2) is 42.5 Å². The minimum absolute atomic E-state index is 0.172. The van der Waals surface area contributed by atoms with Crippen LogP contribution in [0.5, 0.6) is 0 Å². The Bertz CT molecular complexity index is 1080. The molecule has 0 saturated heterocycles. The maximum Gasteiger partial charge on any atom is 0.101 e. The summed E-state index contributed by atoms with van der Waals surface area (Å²) in [7, 11) is 0. The lowest BCUT2D eigenvalue weighted by atomic mass is 9.92. The zero-order valence-corrected chi connectivity index (χ0v) is 16.7. The molecule has 0 unspecified atom stereocenters. The van der Waals surface area contributed by atoms with Gasteiger partial charge in [0.2, 0.25) is 0 Å². The summed E-state index contributed by atoms with van der Waals surface area (Å²) >= 11 is 0. The Labute approximate surface area is 171 Å². The van der Waals surface area contributed by atoms with Crippen LogP contribution in [0.2, 0.25) is 0 Å². The Balaban J connectivity index is 1.58. The largest absolute Gasteiger partial charge is 0.393 e. The van der Waals surface area contributed by atoms with Crippen molar-refractivity contribution in [3.05, 3.63) is 53.7 Å². The molecule has 0 bridgehead atoms. The van der Waals surface area contributed by atoms with Crippen LogP contribution in [0, 0.1) is 11.3 Å². The summed E-state index contributed by atoms with van der Waals surface area (Å²) in [5, 5.41) is 24.4. The number of aliphatic hydroxyl groups excluding tert-OH is 1. The Kier molecular flexibility index (Phi) is 4.77. The predicted octanol–water partition coefficient (Wildman–Crippen LogP) is 5.23. The van der Waals surface area contributed by atoms with Crippen LogP contribution in [0.4, 0.5) is 5.69 Å². The van der Waals surface area contributed by atoms with Crippen LogP contribution >= 0.6 is 0 Å². The van der Waals surface area contributed by atoms with E-state index in [2.05, 4.69) is 52.4 Å². The number of nitrogens with zero attached hydrogens (tertiary/aromatic N) is 2. The third kappa shape index (κ3) is 3.30. The number of fused-ring (bicyclic) bond motifs is 3.